The van der Waals surface area contributed by atoms with Crippen molar-refractivity contribution in [1.29, 1.82) is 0 Å². The van der Waals surface area contributed by atoms with Crippen LogP contribution < -0.4 is 11.1 Å². The zero-order chi connectivity index (χ0) is 23.5. The van der Waals surface area contributed by atoms with Gasteiger partial charge in [0.25, 0.3) is 0 Å². The monoisotopic (exact) mass is 449 g/mol. The molecule has 4 aromatic heterocycles. The van der Waals surface area contributed by atoms with Gasteiger partial charge in [-0.25, -0.2) is 9.37 Å². The first kappa shape index (κ1) is 22.0. The number of amides is 1. The van der Waals surface area contributed by atoms with Crippen LogP contribution in [0.2, 0.25) is 0 Å². The Kier molecular flexibility index (Phi) is 6.05. The first-order valence-corrected chi connectivity index (χ1v) is 9.99. The molecule has 1 amide bonds. The standard InChI is InChI=1S/C22H20FN7O3/c1-12(11-31)30-10-18(17-9-27-22(24)29-21(17)30)20(33)13-4-16(8-25-6-13)28-19(32)5-15-3-2-14(23)7-26-15/h2-4,6-10,12,31H,5,11H2,1H3,(H,28,32)(H2,24,27,29). The molecule has 4 N–H and O–H groups in total. The van der Waals surface area contributed by atoms with Gasteiger partial charge in [-0.05, 0) is 25.1 Å². The molecule has 0 spiro atoms. The SMILES string of the molecule is CC(CO)n1cc(C(=O)c2cncc(NC(=O)Cc3ccc(F)cn3)c2)c2cnc(N)nc21. The van der Waals surface area contributed by atoms with Crippen molar-refractivity contribution in [1.82, 2.24) is 24.5 Å². The lowest BCUT2D eigenvalue weighted by Gasteiger charge is -2.10. The Labute approximate surface area is 187 Å². The number of hydrogen-bond donors (Lipinski definition) is 3. The van der Waals surface area contributed by atoms with Gasteiger partial charge in [-0.2, -0.15) is 4.98 Å². The summed E-state index contributed by atoms with van der Waals surface area (Å²) < 4.78 is 14.6. The Morgan fingerprint density at radius 1 is 1.21 bits per heavy atom. The van der Waals surface area contributed by atoms with Crippen LogP contribution in [0, 0.1) is 5.82 Å². The van der Waals surface area contributed by atoms with Gasteiger partial charge < -0.3 is 20.7 Å². The number of carbonyl (C=O) groups is 2. The molecule has 0 fully saturated rings. The summed E-state index contributed by atoms with van der Waals surface area (Å²) in [5, 5.41) is 12.7. The summed E-state index contributed by atoms with van der Waals surface area (Å²) >= 11 is 0. The molecule has 1 unspecified atom stereocenters. The van der Waals surface area contributed by atoms with E-state index in [0.717, 1.165) is 6.20 Å². The first-order chi connectivity index (χ1) is 15.9. The maximum atomic E-state index is 13.3. The van der Waals surface area contributed by atoms with E-state index in [4.69, 9.17) is 5.73 Å². The summed E-state index contributed by atoms with van der Waals surface area (Å²) in [6.07, 6.45) is 6.82. The Morgan fingerprint density at radius 2 is 2.03 bits per heavy atom. The fourth-order valence-electron chi connectivity index (χ4n) is 3.32. The normalized spacial score (nSPS) is 12.0. The number of anilines is 2. The van der Waals surface area contributed by atoms with Crippen LogP contribution in [-0.2, 0) is 11.2 Å². The van der Waals surface area contributed by atoms with E-state index < -0.39 is 11.7 Å². The van der Waals surface area contributed by atoms with Gasteiger partial charge in [-0.1, -0.05) is 0 Å². The number of aliphatic hydroxyl groups excluding tert-OH is 1. The molecule has 0 aromatic carbocycles. The quantitative estimate of drug-likeness (QED) is 0.362. The zero-order valence-corrected chi connectivity index (χ0v) is 17.6. The third kappa shape index (κ3) is 4.67. The number of halogens is 1. The number of nitrogens with one attached hydrogen (secondary N) is 1. The number of hydrogen-bond acceptors (Lipinski definition) is 8. The molecular formula is C22H20FN7O3. The summed E-state index contributed by atoms with van der Waals surface area (Å²) in [7, 11) is 0. The average Bonchev–Trinajstić information content (AvgIpc) is 3.18. The Morgan fingerprint density at radius 3 is 2.76 bits per heavy atom. The number of nitrogens with zero attached hydrogens (tertiary/aromatic N) is 5. The summed E-state index contributed by atoms with van der Waals surface area (Å²) in [5.74, 6) is -1.19. The molecule has 0 aliphatic heterocycles. The van der Waals surface area contributed by atoms with Crippen molar-refractivity contribution in [2.45, 2.75) is 19.4 Å². The van der Waals surface area contributed by atoms with E-state index in [-0.39, 0.29) is 36.4 Å². The van der Waals surface area contributed by atoms with Crippen LogP contribution in [0.5, 0.6) is 0 Å². The second-order valence-electron chi connectivity index (χ2n) is 7.43. The molecule has 10 nitrogen and oxygen atoms in total. The van der Waals surface area contributed by atoms with Gasteiger partial charge in [-0.15, -0.1) is 0 Å². The summed E-state index contributed by atoms with van der Waals surface area (Å²) in [4.78, 5) is 41.7. The van der Waals surface area contributed by atoms with Crippen LogP contribution in [0.4, 0.5) is 16.0 Å². The lowest BCUT2D eigenvalue weighted by atomic mass is 10.1. The average molecular weight is 449 g/mol. The second kappa shape index (κ2) is 9.09. The van der Waals surface area contributed by atoms with Crippen molar-refractivity contribution in [2.24, 2.45) is 0 Å². The molecule has 0 bridgehead atoms. The number of pyridine rings is 2. The van der Waals surface area contributed by atoms with Crippen LogP contribution in [0.3, 0.4) is 0 Å². The maximum Gasteiger partial charge on any atom is 0.230 e. The van der Waals surface area contributed by atoms with E-state index >= 15 is 0 Å². The Bertz CT molecular complexity index is 1340. The molecule has 168 valence electrons. The molecule has 33 heavy (non-hydrogen) atoms. The minimum absolute atomic E-state index is 0.0491. The summed E-state index contributed by atoms with van der Waals surface area (Å²) in [6.45, 7) is 1.62. The molecule has 0 saturated carbocycles. The minimum Gasteiger partial charge on any atom is -0.394 e. The summed E-state index contributed by atoms with van der Waals surface area (Å²) in [6, 6.07) is 3.81. The van der Waals surface area contributed by atoms with Crippen LogP contribution >= 0.6 is 0 Å². The number of nitrogens with two attached hydrogens (primary N) is 1. The van der Waals surface area contributed by atoms with Gasteiger partial charge in [0, 0.05) is 35.2 Å². The predicted molar refractivity (Wildman–Crippen MR) is 118 cm³/mol. The van der Waals surface area contributed by atoms with Crippen LogP contribution in [0.25, 0.3) is 11.0 Å². The molecule has 4 aromatic rings. The van der Waals surface area contributed by atoms with Crippen LogP contribution in [0.1, 0.15) is 34.6 Å². The number of fused-ring (bicyclic) bond motifs is 1. The molecule has 4 rings (SSSR count). The van der Waals surface area contributed by atoms with Gasteiger partial charge in [-0.3, -0.25) is 19.6 Å². The van der Waals surface area contributed by atoms with E-state index in [1.807, 2.05) is 0 Å². The van der Waals surface area contributed by atoms with E-state index in [0.29, 0.717) is 28.0 Å². The van der Waals surface area contributed by atoms with Gasteiger partial charge in [0.2, 0.25) is 11.9 Å². The molecule has 4 heterocycles. The molecule has 11 heteroatoms. The number of aliphatic hydroxyl groups is 1. The number of aromatic nitrogens is 5. The van der Waals surface area contributed by atoms with Crippen molar-refractivity contribution in [3.8, 4) is 0 Å². The Balaban J connectivity index is 1.59. The number of ketones is 1. The maximum absolute atomic E-state index is 13.3. The highest BCUT2D eigenvalue weighted by Crippen LogP contribution is 2.26. The van der Waals surface area contributed by atoms with E-state index in [1.54, 1.807) is 17.7 Å². The second-order valence-corrected chi connectivity index (χ2v) is 7.43. The van der Waals surface area contributed by atoms with Crippen LogP contribution in [-0.4, -0.2) is 47.9 Å². The van der Waals surface area contributed by atoms with E-state index in [9.17, 15) is 19.1 Å². The molecule has 0 aliphatic carbocycles. The van der Waals surface area contributed by atoms with E-state index in [2.05, 4.69) is 25.3 Å². The number of nitrogen functional groups attached to an aromatic ring is 1. The van der Waals surface area contributed by atoms with Crippen molar-refractivity contribution in [3.05, 3.63) is 71.8 Å². The zero-order valence-electron chi connectivity index (χ0n) is 17.6. The minimum atomic E-state index is -0.489. The lowest BCUT2D eigenvalue weighted by Crippen LogP contribution is -2.16. The van der Waals surface area contributed by atoms with Crippen molar-refractivity contribution >= 4 is 34.4 Å². The highest BCUT2D eigenvalue weighted by molar-refractivity contribution is 6.16. The third-order valence-electron chi connectivity index (χ3n) is 4.99. The fourth-order valence-corrected chi connectivity index (χ4v) is 3.32. The highest BCUT2D eigenvalue weighted by atomic mass is 19.1. The van der Waals surface area contributed by atoms with Crippen LogP contribution in [0.15, 0.2) is 49.2 Å². The van der Waals surface area contributed by atoms with Gasteiger partial charge in [0.15, 0.2) is 5.78 Å². The fraction of sp³-hybridized carbons (Fsp3) is 0.182. The smallest absolute Gasteiger partial charge is 0.230 e. The molecule has 0 saturated heterocycles. The van der Waals surface area contributed by atoms with Crippen molar-refractivity contribution in [3.63, 3.8) is 0 Å². The molecule has 1 atom stereocenters. The molecular weight excluding hydrogens is 429 g/mol. The van der Waals surface area contributed by atoms with Crippen molar-refractivity contribution < 1.29 is 19.1 Å². The molecule has 0 radical (unpaired) electrons. The third-order valence-corrected chi connectivity index (χ3v) is 4.99. The summed E-state index contributed by atoms with van der Waals surface area (Å²) in [5.41, 5.74) is 7.40. The highest BCUT2D eigenvalue weighted by Gasteiger charge is 2.21. The van der Waals surface area contributed by atoms with Gasteiger partial charge in [0.05, 0.1) is 42.7 Å². The molecule has 0 aliphatic rings. The largest absolute Gasteiger partial charge is 0.394 e. The van der Waals surface area contributed by atoms with E-state index in [1.165, 1.54) is 36.8 Å². The number of rotatable bonds is 7. The lowest BCUT2D eigenvalue weighted by molar-refractivity contribution is -0.115. The Hall–Kier alpha value is -4.25. The predicted octanol–water partition coefficient (Wildman–Crippen LogP) is 1.91. The van der Waals surface area contributed by atoms with Gasteiger partial charge >= 0.3 is 0 Å². The van der Waals surface area contributed by atoms with Crippen molar-refractivity contribution in [2.75, 3.05) is 17.7 Å². The number of carbonyl (C=O) groups excluding carboxylic acids is 2. The first-order valence-electron chi connectivity index (χ1n) is 9.99. The van der Waals surface area contributed by atoms with Gasteiger partial charge in [0.1, 0.15) is 11.5 Å². The topological polar surface area (TPSA) is 149 Å².